The molecule has 4 nitrogen and oxygen atoms in total. The molecule has 0 atom stereocenters. The largest absolute Gasteiger partial charge is 0.455 e. The molecule has 14 rings (SSSR count). The van der Waals surface area contributed by atoms with Gasteiger partial charge in [-0.15, -0.1) is 0 Å². The van der Waals surface area contributed by atoms with Crippen LogP contribution in [-0.2, 0) is 0 Å². The molecule has 11 aromatic carbocycles. The molecule has 0 aliphatic rings. The number of nitrogens with zero attached hydrogens (tertiary/aromatic N) is 3. The van der Waals surface area contributed by atoms with Crippen molar-refractivity contribution in [1.29, 1.82) is 0 Å². The van der Waals surface area contributed by atoms with Crippen LogP contribution in [0.3, 0.4) is 0 Å². The molecule has 0 radical (unpaired) electrons. The van der Waals surface area contributed by atoms with Gasteiger partial charge in [-0.3, -0.25) is 0 Å². The summed E-state index contributed by atoms with van der Waals surface area (Å²) in [6, 6.07) is 94.1. The molecule has 0 unspecified atom stereocenters. The van der Waals surface area contributed by atoms with E-state index in [4.69, 9.17) is 4.42 Å². The van der Waals surface area contributed by atoms with E-state index in [1.807, 2.05) is 12.1 Å². The number of anilines is 3. The first kappa shape index (κ1) is 39.8. The van der Waals surface area contributed by atoms with E-state index in [0.29, 0.717) is 0 Å². The lowest BCUT2D eigenvalue weighted by Crippen LogP contribution is -2.09. The Balaban J connectivity index is 0.863. The molecule has 0 spiro atoms. The average Bonchev–Trinajstić information content (AvgIpc) is 4.09. The van der Waals surface area contributed by atoms with Gasteiger partial charge in [-0.2, -0.15) is 0 Å². The first-order valence-electron chi connectivity index (χ1n) is 23.9. The fourth-order valence-electron chi connectivity index (χ4n) is 10.8. The molecular weight excluding hydrogens is 851 g/mol. The molecular formula is C66H43N3O. The maximum Gasteiger partial charge on any atom is 0.143 e. The number of hydrogen-bond donors (Lipinski definition) is 0. The highest BCUT2D eigenvalue weighted by Gasteiger charge is 2.19. The highest BCUT2D eigenvalue weighted by molar-refractivity contribution is 6.12. The van der Waals surface area contributed by atoms with E-state index in [-0.39, 0.29) is 0 Å². The second-order valence-corrected chi connectivity index (χ2v) is 18.1. The van der Waals surface area contributed by atoms with Gasteiger partial charge in [0.15, 0.2) is 0 Å². The smallest absolute Gasteiger partial charge is 0.143 e. The number of fused-ring (bicyclic) bond motifs is 9. The Morgan fingerprint density at radius 3 is 1.19 bits per heavy atom. The molecule has 0 aliphatic carbocycles. The molecule has 0 amide bonds. The first-order chi connectivity index (χ1) is 34.7. The molecule has 0 N–H and O–H groups in total. The monoisotopic (exact) mass is 893 g/mol. The van der Waals surface area contributed by atoms with Gasteiger partial charge in [0.1, 0.15) is 11.2 Å². The van der Waals surface area contributed by atoms with Gasteiger partial charge in [-0.05, 0) is 119 Å². The maximum atomic E-state index is 6.47. The minimum Gasteiger partial charge on any atom is -0.455 e. The molecule has 70 heavy (non-hydrogen) atoms. The number of aromatic nitrogens is 2. The number of para-hydroxylation sites is 6. The topological polar surface area (TPSA) is 26.2 Å². The molecule has 0 aliphatic heterocycles. The highest BCUT2D eigenvalue weighted by atomic mass is 16.3. The number of furan rings is 1. The van der Waals surface area contributed by atoms with Crippen molar-refractivity contribution in [3.8, 4) is 44.8 Å². The van der Waals surface area contributed by atoms with Crippen LogP contribution >= 0.6 is 0 Å². The van der Waals surface area contributed by atoms with Crippen molar-refractivity contribution in [2.45, 2.75) is 0 Å². The summed E-state index contributed by atoms with van der Waals surface area (Å²) < 4.78 is 11.2. The Morgan fingerprint density at radius 1 is 0.271 bits per heavy atom. The van der Waals surface area contributed by atoms with Gasteiger partial charge in [0, 0.05) is 66.3 Å². The third kappa shape index (κ3) is 6.46. The highest BCUT2D eigenvalue weighted by Crippen LogP contribution is 2.42. The molecule has 14 aromatic rings. The summed E-state index contributed by atoms with van der Waals surface area (Å²) >= 11 is 0. The fraction of sp³-hybridized carbons (Fsp3) is 0. The molecule has 3 aromatic heterocycles. The molecule has 328 valence electrons. The lowest BCUT2D eigenvalue weighted by molar-refractivity contribution is 0.670. The Hall–Kier alpha value is -9.38. The second-order valence-electron chi connectivity index (χ2n) is 18.1. The third-order valence-corrected chi connectivity index (χ3v) is 14.1. The minimum absolute atomic E-state index is 0.900. The molecule has 0 fully saturated rings. The van der Waals surface area contributed by atoms with Crippen LogP contribution in [0.2, 0.25) is 0 Å². The van der Waals surface area contributed by atoms with Crippen LogP contribution in [-0.4, -0.2) is 9.13 Å². The Morgan fingerprint density at radius 2 is 0.671 bits per heavy atom. The number of benzene rings is 11. The van der Waals surface area contributed by atoms with Crippen LogP contribution in [0.1, 0.15) is 0 Å². The van der Waals surface area contributed by atoms with E-state index in [1.54, 1.807) is 0 Å². The van der Waals surface area contributed by atoms with E-state index < -0.39 is 0 Å². The summed E-state index contributed by atoms with van der Waals surface area (Å²) in [5.41, 5.74) is 18.9. The van der Waals surface area contributed by atoms with Gasteiger partial charge in [0.25, 0.3) is 0 Å². The normalized spacial score (nSPS) is 11.7. The summed E-state index contributed by atoms with van der Waals surface area (Å²) in [5, 5.41) is 7.24. The van der Waals surface area contributed by atoms with Crippen LogP contribution in [0.25, 0.3) is 110 Å². The van der Waals surface area contributed by atoms with Crippen molar-refractivity contribution in [2.75, 3.05) is 4.90 Å². The molecule has 3 heterocycles. The zero-order chi connectivity index (χ0) is 46.1. The van der Waals surface area contributed by atoms with Crippen LogP contribution in [0.5, 0.6) is 0 Å². The SMILES string of the molecule is c1ccc(-n2c3ccccc3c3ccc(-c4ccc(N(c5ccc(-c6ccc7c8ccccc8n(-c8ccccc8)c7c6)cc5)c5ccc(-c6cccc7c6oc6ccccc67)cc5)cc4)cc32)cc1. The van der Waals surface area contributed by atoms with E-state index in [1.165, 1.54) is 54.7 Å². The summed E-state index contributed by atoms with van der Waals surface area (Å²) in [5.74, 6) is 0. The Labute approximate surface area is 404 Å². The van der Waals surface area contributed by atoms with E-state index in [2.05, 4.69) is 263 Å². The van der Waals surface area contributed by atoms with Crippen LogP contribution < -0.4 is 4.90 Å². The quantitative estimate of drug-likeness (QED) is 0.152. The van der Waals surface area contributed by atoms with Gasteiger partial charge < -0.3 is 18.5 Å². The molecule has 0 saturated heterocycles. The maximum absolute atomic E-state index is 6.47. The van der Waals surface area contributed by atoms with E-state index in [0.717, 1.165) is 72.6 Å². The Kier molecular flexibility index (Phi) is 9.17. The van der Waals surface area contributed by atoms with Crippen molar-refractivity contribution in [3.63, 3.8) is 0 Å². The minimum atomic E-state index is 0.900. The molecule has 0 saturated carbocycles. The second kappa shape index (κ2) is 16.2. The van der Waals surface area contributed by atoms with Gasteiger partial charge in [-0.25, -0.2) is 0 Å². The molecule has 4 heteroatoms. The van der Waals surface area contributed by atoms with Crippen LogP contribution in [0.15, 0.2) is 265 Å². The molecule has 0 bridgehead atoms. The standard InChI is InChI=1S/C66H43N3O/c1-3-14-49(15-4-1)68-61-23-10-7-18-55(61)57-40-32-47(42-63(57)68)44-26-34-51(35-27-44)67(53-38-30-46(31-39-53)54-21-13-22-60-59-20-9-12-25-65(59)70-66(54)60)52-36-28-45(29-37-52)48-33-41-58-56-19-8-11-24-62(56)69(64(58)43-48)50-16-5-2-6-17-50/h1-43H. The zero-order valence-corrected chi connectivity index (χ0v) is 38.1. The summed E-state index contributed by atoms with van der Waals surface area (Å²) in [7, 11) is 0. The van der Waals surface area contributed by atoms with E-state index >= 15 is 0 Å². The summed E-state index contributed by atoms with van der Waals surface area (Å²) in [4.78, 5) is 2.35. The van der Waals surface area contributed by atoms with Crippen LogP contribution in [0, 0.1) is 0 Å². The number of rotatable bonds is 8. The summed E-state index contributed by atoms with van der Waals surface area (Å²) in [6.45, 7) is 0. The fourth-order valence-corrected chi connectivity index (χ4v) is 10.8. The first-order valence-corrected chi connectivity index (χ1v) is 23.9. The van der Waals surface area contributed by atoms with Crippen molar-refractivity contribution >= 4 is 82.6 Å². The van der Waals surface area contributed by atoms with Crippen molar-refractivity contribution in [2.24, 2.45) is 0 Å². The van der Waals surface area contributed by atoms with Gasteiger partial charge in [0.05, 0.1) is 22.1 Å². The van der Waals surface area contributed by atoms with Gasteiger partial charge >= 0.3 is 0 Å². The number of hydrogen-bond acceptors (Lipinski definition) is 2. The van der Waals surface area contributed by atoms with Crippen LogP contribution in [0.4, 0.5) is 17.1 Å². The average molecular weight is 894 g/mol. The predicted molar refractivity (Wildman–Crippen MR) is 293 cm³/mol. The third-order valence-electron chi connectivity index (χ3n) is 14.1. The van der Waals surface area contributed by atoms with Gasteiger partial charge in [-0.1, -0.05) is 170 Å². The summed E-state index contributed by atoms with van der Waals surface area (Å²) in [6.07, 6.45) is 0. The van der Waals surface area contributed by atoms with E-state index in [9.17, 15) is 0 Å². The Bertz CT molecular complexity index is 4060. The zero-order valence-electron chi connectivity index (χ0n) is 38.1. The lowest BCUT2D eigenvalue weighted by Gasteiger charge is -2.26. The lowest BCUT2D eigenvalue weighted by atomic mass is 10.0. The van der Waals surface area contributed by atoms with Crippen molar-refractivity contribution < 1.29 is 4.42 Å². The van der Waals surface area contributed by atoms with Gasteiger partial charge in [0.2, 0.25) is 0 Å². The van der Waals surface area contributed by atoms with Crippen molar-refractivity contribution in [3.05, 3.63) is 261 Å². The van der Waals surface area contributed by atoms with Crippen molar-refractivity contribution in [1.82, 2.24) is 9.13 Å². The predicted octanol–water partition coefficient (Wildman–Crippen LogP) is 18.3.